The van der Waals surface area contributed by atoms with Gasteiger partial charge >= 0.3 is 0 Å². The van der Waals surface area contributed by atoms with Crippen LogP contribution >= 0.6 is 15.9 Å². The van der Waals surface area contributed by atoms with Gasteiger partial charge < -0.3 is 9.84 Å². The fourth-order valence-electron chi connectivity index (χ4n) is 1.78. The van der Waals surface area contributed by atoms with Gasteiger partial charge in [0.15, 0.2) is 0 Å². The number of hydrogen-bond donors (Lipinski definition) is 1. The third kappa shape index (κ3) is 3.77. The fraction of sp³-hybridized carbons (Fsp3) is 0.143. The molecule has 7 heteroatoms. The number of nitrogens with zero attached hydrogens (tertiary/aromatic N) is 1. The van der Waals surface area contributed by atoms with Crippen LogP contribution < -0.4 is 4.74 Å². The molecule has 1 N–H and O–H groups in total. The predicted octanol–water partition coefficient (Wildman–Crippen LogP) is 4.34. The van der Waals surface area contributed by atoms with Gasteiger partial charge in [-0.2, -0.15) is 0 Å². The first-order chi connectivity index (χ1) is 9.86. The van der Waals surface area contributed by atoms with E-state index in [1.165, 1.54) is 31.2 Å². The molecular weight excluding hydrogens is 345 g/mol. The van der Waals surface area contributed by atoms with Crippen molar-refractivity contribution in [1.29, 1.82) is 0 Å². The van der Waals surface area contributed by atoms with Crippen molar-refractivity contribution in [2.75, 3.05) is 0 Å². The third-order valence-corrected chi connectivity index (χ3v) is 3.17. The summed E-state index contributed by atoms with van der Waals surface area (Å²) in [5.41, 5.74) is 0.123. The Morgan fingerprint density at radius 2 is 2.05 bits per heavy atom. The van der Waals surface area contributed by atoms with Crippen LogP contribution in [0.3, 0.4) is 0 Å². The van der Waals surface area contributed by atoms with Crippen molar-refractivity contribution in [2.24, 2.45) is 0 Å². The zero-order chi connectivity index (χ0) is 15.6. The fourth-order valence-corrected chi connectivity index (χ4v) is 2.24. The molecule has 0 heterocycles. The number of non-ortho nitro benzene ring substituents is 1. The molecule has 0 amide bonds. The van der Waals surface area contributed by atoms with Gasteiger partial charge in [0.1, 0.15) is 17.3 Å². The van der Waals surface area contributed by atoms with Crippen LogP contribution in [0.5, 0.6) is 11.5 Å². The number of hydrogen-bond acceptors (Lipinski definition) is 4. The van der Waals surface area contributed by atoms with E-state index < -0.39 is 16.8 Å². The lowest BCUT2D eigenvalue weighted by atomic mass is 10.1. The smallest absolute Gasteiger partial charge is 0.274 e. The van der Waals surface area contributed by atoms with Gasteiger partial charge in [0.2, 0.25) is 0 Å². The van der Waals surface area contributed by atoms with Crippen LogP contribution in [0.25, 0.3) is 0 Å². The van der Waals surface area contributed by atoms with E-state index in [4.69, 9.17) is 4.74 Å². The molecule has 0 fully saturated rings. The van der Waals surface area contributed by atoms with E-state index in [1.54, 1.807) is 6.07 Å². The molecule has 0 spiro atoms. The molecule has 0 bridgehead atoms. The van der Waals surface area contributed by atoms with Crippen LogP contribution in [0.15, 0.2) is 40.9 Å². The van der Waals surface area contributed by atoms with E-state index in [-0.39, 0.29) is 22.7 Å². The first-order valence-electron chi connectivity index (χ1n) is 5.97. The average molecular weight is 356 g/mol. The highest BCUT2D eigenvalue weighted by atomic mass is 79.9. The molecule has 0 saturated heterocycles. The van der Waals surface area contributed by atoms with Crippen LogP contribution in [0.2, 0.25) is 0 Å². The molecule has 21 heavy (non-hydrogen) atoms. The van der Waals surface area contributed by atoms with Crippen molar-refractivity contribution in [3.05, 3.63) is 62.4 Å². The summed E-state index contributed by atoms with van der Waals surface area (Å²) in [6.45, 7) is 1.48. The summed E-state index contributed by atoms with van der Waals surface area (Å²) in [7, 11) is 0. The SMILES string of the molecule is C[C@H](O)c1cc(F)ccc1Oc1cc(Br)cc([N+](=O)[O-])c1. The van der Waals surface area contributed by atoms with E-state index in [0.29, 0.717) is 4.47 Å². The lowest BCUT2D eigenvalue weighted by molar-refractivity contribution is -0.385. The Balaban J connectivity index is 2.40. The molecule has 0 radical (unpaired) electrons. The minimum absolute atomic E-state index is 0.139. The topological polar surface area (TPSA) is 72.6 Å². The van der Waals surface area contributed by atoms with Crippen molar-refractivity contribution in [3.63, 3.8) is 0 Å². The maximum absolute atomic E-state index is 13.2. The Hall–Kier alpha value is -1.99. The maximum Gasteiger partial charge on any atom is 0.274 e. The number of nitro groups is 1. The molecular formula is C14H11BrFNO4. The van der Waals surface area contributed by atoms with Crippen molar-refractivity contribution in [3.8, 4) is 11.5 Å². The molecule has 0 aliphatic rings. The molecule has 2 aromatic rings. The summed E-state index contributed by atoms with van der Waals surface area (Å²) in [4.78, 5) is 10.3. The van der Waals surface area contributed by atoms with Gasteiger partial charge in [-0.3, -0.25) is 10.1 Å². The largest absolute Gasteiger partial charge is 0.457 e. The Morgan fingerprint density at radius 3 is 2.67 bits per heavy atom. The average Bonchev–Trinajstić information content (AvgIpc) is 2.40. The second-order valence-electron chi connectivity index (χ2n) is 4.36. The lowest BCUT2D eigenvalue weighted by Crippen LogP contribution is -1.98. The molecule has 5 nitrogen and oxygen atoms in total. The van der Waals surface area contributed by atoms with Gasteiger partial charge in [-0.15, -0.1) is 0 Å². The van der Waals surface area contributed by atoms with Gasteiger partial charge in [-0.25, -0.2) is 4.39 Å². The summed E-state index contributed by atoms with van der Waals surface area (Å²) < 4.78 is 19.2. The Kier molecular flexibility index (Phi) is 4.54. The van der Waals surface area contributed by atoms with Gasteiger partial charge in [-0.05, 0) is 31.2 Å². The molecule has 2 rings (SSSR count). The van der Waals surface area contributed by atoms with Crippen LogP contribution in [0.1, 0.15) is 18.6 Å². The molecule has 0 aliphatic carbocycles. The molecule has 0 aromatic heterocycles. The molecule has 0 unspecified atom stereocenters. The Morgan fingerprint density at radius 1 is 1.33 bits per heavy atom. The summed E-state index contributed by atoms with van der Waals surface area (Å²) in [5.74, 6) is -0.0538. The third-order valence-electron chi connectivity index (χ3n) is 2.72. The first kappa shape index (κ1) is 15.4. The number of aliphatic hydroxyl groups excluding tert-OH is 1. The van der Waals surface area contributed by atoms with Crippen molar-refractivity contribution in [1.82, 2.24) is 0 Å². The zero-order valence-corrected chi connectivity index (χ0v) is 12.5. The van der Waals surface area contributed by atoms with Crippen molar-refractivity contribution < 1.29 is 19.2 Å². The highest BCUT2D eigenvalue weighted by Gasteiger charge is 2.14. The molecule has 0 saturated carbocycles. The number of ether oxygens (including phenoxy) is 1. The number of halogens is 2. The van der Waals surface area contributed by atoms with E-state index in [0.717, 1.165) is 6.07 Å². The maximum atomic E-state index is 13.2. The summed E-state index contributed by atoms with van der Waals surface area (Å²) in [6, 6.07) is 7.85. The van der Waals surface area contributed by atoms with Crippen LogP contribution in [0, 0.1) is 15.9 Å². The predicted molar refractivity (Wildman–Crippen MR) is 77.9 cm³/mol. The highest BCUT2D eigenvalue weighted by molar-refractivity contribution is 9.10. The summed E-state index contributed by atoms with van der Waals surface area (Å²) in [5, 5.41) is 20.5. The van der Waals surface area contributed by atoms with E-state index in [9.17, 15) is 19.6 Å². The van der Waals surface area contributed by atoms with Crippen LogP contribution in [0.4, 0.5) is 10.1 Å². The second-order valence-corrected chi connectivity index (χ2v) is 5.28. The van der Waals surface area contributed by atoms with Gasteiger partial charge in [0, 0.05) is 16.1 Å². The molecule has 110 valence electrons. The van der Waals surface area contributed by atoms with E-state index in [2.05, 4.69) is 15.9 Å². The molecule has 0 aliphatic heterocycles. The minimum atomic E-state index is -0.933. The van der Waals surface area contributed by atoms with E-state index in [1.807, 2.05) is 0 Å². The van der Waals surface area contributed by atoms with Crippen LogP contribution in [-0.4, -0.2) is 10.0 Å². The van der Waals surface area contributed by atoms with Crippen molar-refractivity contribution in [2.45, 2.75) is 13.0 Å². The molecule has 2 aromatic carbocycles. The quantitative estimate of drug-likeness (QED) is 0.653. The Bertz CT molecular complexity index is 691. The lowest BCUT2D eigenvalue weighted by Gasteiger charge is -2.13. The van der Waals surface area contributed by atoms with Gasteiger partial charge in [-0.1, -0.05) is 15.9 Å². The van der Waals surface area contributed by atoms with Crippen LogP contribution in [-0.2, 0) is 0 Å². The Labute approximate surface area is 128 Å². The monoisotopic (exact) mass is 355 g/mol. The van der Waals surface area contributed by atoms with Gasteiger partial charge in [0.05, 0.1) is 17.1 Å². The standard InChI is InChI=1S/C14H11BrFNO4/c1-8(18)13-6-10(16)2-3-14(13)21-12-5-9(15)4-11(7-12)17(19)20/h2-8,18H,1H3/t8-/m0/s1. The highest BCUT2D eigenvalue weighted by Crippen LogP contribution is 2.33. The summed E-state index contributed by atoms with van der Waals surface area (Å²) >= 11 is 3.16. The summed E-state index contributed by atoms with van der Waals surface area (Å²) in [6.07, 6.45) is -0.933. The molecule has 1 atom stereocenters. The minimum Gasteiger partial charge on any atom is -0.457 e. The number of benzene rings is 2. The first-order valence-corrected chi connectivity index (χ1v) is 6.76. The van der Waals surface area contributed by atoms with Crippen molar-refractivity contribution >= 4 is 21.6 Å². The number of aliphatic hydroxyl groups is 1. The second kappa shape index (κ2) is 6.19. The van der Waals surface area contributed by atoms with E-state index >= 15 is 0 Å². The van der Waals surface area contributed by atoms with Gasteiger partial charge in [0.25, 0.3) is 5.69 Å². The zero-order valence-electron chi connectivity index (χ0n) is 10.9. The number of nitro benzene ring substituents is 1. The number of rotatable bonds is 4. The normalized spacial score (nSPS) is 12.0.